The summed E-state index contributed by atoms with van der Waals surface area (Å²) in [4.78, 5) is 11.7. The predicted molar refractivity (Wildman–Crippen MR) is 113 cm³/mol. The van der Waals surface area contributed by atoms with E-state index in [1.54, 1.807) is 37.3 Å². The molecule has 0 amide bonds. The third kappa shape index (κ3) is 3.94. The Morgan fingerprint density at radius 2 is 1.60 bits per heavy atom. The summed E-state index contributed by atoms with van der Waals surface area (Å²) in [5.41, 5.74) is 0.637. The van der Waals surface area contributed by atoms with Gasteiger partial charge in [-0.15, -0.1) is 12.4 Å². The van der Waals surface area contributed by atoms with Gasteiger partial charge in [0, 0.05) is 5.41 Å². The summed E-state index contributed by atoms with van der Waals surface area (Å²) in [5.74, 6) is 1.27. The van der Waals surface area contributed by atoms with Gasteiger partial charge in [-0.25, -0.2) is 9.97 Å². The molecule has 158 valence electrons. The number of nitrogens with zero attached hydrogens (tertiary/aromatic N) is 2. The quantitative estimate of drug-likeness (QED) is 0.371. The standard InChI is InChI=1S/C22H20F3N3O.ClH/c1-12-17(28-20(29-12)21(2,3)4)19-26-16-11-14(13-8-6-5-7-9-13)10-15(18(16)27-19)22(23,24)25;/h5-11H,1-4H3,(H,26,27);1H. The molecule has 2 aromatic carbocycles. The maximum Gasteiger partial charge on any atom is 0.418 e. The van der Waals surface area contributed by atoms with E-state index >= 15 is 0 Å². The molecule has 0 saturated heterocycles. The SMILES string of the molecule is Cc1oc(C(C)(C)C)nc1-c1nc2c(C(F)(F)F)cc(-c3ccccc3)cc2[nH]1.Cl. The molecule has 2 aromatic heterocycles. The summed E-state index contributed by atoms with van der Waals surface area (Å²) in [6, 6.07) is 11.8. The van der Waals surface area contributed by atoms with Crippen LogP contribution in [0.25, 0.3) is 33.7 Å². The highest BCUT2D eigenvalue weighted by molar-refractivity contribution is 5.88. The second-order valence-electron chi connectivity index (χ2n) is 8.04. The average Bonchev–Trinajstić information content (AvgIpc) is 3.23. The largest absolute Gasteiger partial charge is 0.445 e. The van der Waals surface area contributed by atoms with Gasteiger partial charge in [-0.3, -0.25) is 0 Å². The van der Waals surface area contributed by atoms with Crippen molar-refractivity contribution in [1.82, 2.24) is 15.0 Å². The Kier molecular flexibility index (Phi) is 5.45. The average molecular weight is 436 g/mol. The van der Waals surface area contributed by atoms with E-state index < -0.39 is 11.7 Å². The molecule has 4 aromatic rings. The summed E-state index contributed by atoms with van der Waals surface area (Å²) in [6.45, 7) is 7.59. The molecule has 0 radical (unpaired) electrons. The van der Waals surface area contributed by atoms with Crippen molar-refractivity contribution in [1.29, 1.82) is 0 Å². The van der Waals surface area contributed by atoms with Crippen molar-refractivity contribution in [2.24, 2.45) is 0 Å². The molecule has 30 heavy (non-hydrogen) atoms. The normalized spacial score (nSPS) is 12.2. The van der Waals surface area contributed by atoms with Gasteiger partial charge < -0.3 is 9.40 Å². The lowest BCUT2D eigenvalue weighted by molar-refractivity contribution is -0.136. The Morgan fingerprint density at radius 3 is 2.17 bits per heavy atom. The van der Waals surface area contributed by atoms with E-state index in [-0.39, 0.29) is 29.2 Å². The number of aromatic nitrogens is 3. The fourth-order valence-electron chi connectivity index (χ4n) is 3.18. The number of oxazole rings is 1. The highest BCUT2D eigenvalue weighted by Crippen LogP contribution is 2.38. The van der Waals surface area contributed by atoms with Crippen LogP contribution in [-0.4, -0.2) is 15.0 Å². The minimum absolute atomic E-state index is 0. The number of H-pyrrole nitrogens is 1. The maximum atomic E-state index is 13.8. The summed E-state index contributed by atoms with van der Waals surface area (Å²) >= 11 is 0. The molecule has 0 fully saturated rings. The molecule has 0 aliphatic carbocycles. The third-order valence-corrected chi connectivity index (χ3v) is 4.66. The molecule has 0 unspecified atom stereocenters. The first-order chi connectivity index (χ1) is 13.5. The van der Waals surface area contributed by atoms with Crippen LogP contribution in [0, 0.1) is 6.92 Å². The molecule has 0 aliphatic heterocycles. The van der Waals surface area contributed by atoms with Crippen LogP contribution in [-0.2, 0) is 11.6 Å². The molecule has 0 saturated carbocycles. The zero-order valence-electron chi connectivity index (χ0n) is 16.9. The molecule has 4 rings (SSSR count). The number of rotatable bonds is 2. The van der Waals surface area contributed by atoms with Gasteiger partial charge in [-0.05, 0) is 30.2 Å². The molecule has 2 heterocycles. The first-order valence-corrected chi connectivity index (χ1v) is 9.19. The first-order valence-electron chi connectivity index (χ1n) is 9.19. The minimum Gasteiger partial charge on any atom is -0.445 e. The van der Waals surface area contributed by atoms with Crippen molar-refractivity contribution in [3.05, 3.63) is 59.7 Å². The molecule has 0 bridgehead atoms. The Bertz CT molecular complexity index is 1190. The maximum absolute atomic E-state index is 13.8. The number of alkyl halides is 3. The monoisotopic (exact) mass is 435 g/mol. The van der Waals surface area contributed by atoms with Gasteiger partial charge in [0.1, 0.15) is 17.0 Å². The van der Waals surface area contributed by atoms with Crippen molar-refractivity contribution >= 4 is 23.4 Å². The smallest absolute Gasteiger partial charge is 0.418 e. The number of aromatic amines is 1. The first kappa shape index (κ1) is 21.9. The second-order valence-corrected chi connectivity index (χ2v) is 8.04. The summed E-state index contributed by atoms with van der Waals surface area (Å²) < 4.78 is 47.1. The number of benzene rings is 2. The second kappa shape index (κ2) is 7.47. The number of hydrogen-bond donors (Lipinski definition) is 1. The highest BCUT2D eigenvalue weighted by Gasteiger charge is 2.35. The molecular weight excluding hydrogens is 415 g/mol. The lowest BCUT2D eigenvalue weighted by Gasteiger charge is -2.11. The van der Waals surface area contributed by atoms with E-state index in [1.807, 2.05) is 26.8 Å². The van der Waals surface area contributed by atoms with Crippen LogP contribution in [0.4, 0.5) is 13.2 Å². The van der Waals surface area contributed by atoms with Crippen molar-refractivity contribution < 1.29 is 17.6 Å². The van der Waals surface area contributed by atoms with Crippen LogP contribution in [0.2, 0.25) is 0 Å². The van der Waals surface area contributed by atoms with Crippen LogP contribution in [0.1, 0.15) is 38.0 Å². The Labute approximate surface area is 178 Å². The van der Waals surface area contributed by atoms with Gasteiger partial charge in [0.2, 0.25) is 0 Å². The number of hydrogen-bond acceptors (Lipinski definition) is 3. The number of nitrogens with one attached hydrogen (secondary N) is 1. The minimum atomic E-state index is -4.54. The van der Waals surface area contributed by atoms with E-state index in [2.05, 4.69) is 15.0 Å². The molecule has 8 heteroatoms. The Hall–Kier alpha value is -2.80. The van der Waals surface area contributed by atoms with Crippen molar-refractivity contribution in [2.75, 3.05) is 0 Å². The lowest BCUT2D eigenvalue weighted by atomic mass is 9.97. The van der Waals surface area contributed by atoms with E-state index in [4.69, 9.17) is 4.42 Å². The van der Waals surface area contributed by atoms with Crippen LogP contribution in [0.3, 0.4) is 0 Å². The van der Waals surface area contributed by atoms with Gasteiger partial charge >= 0.3 is 6.18 Å². The van der Waals surface area contributed by atoms with Crippen LogP contribution in [0.15, 0.2) is 46.9 Å². The van der Waals surface area contributed by atoms with Crippen LogP contribution in [0.5, 0.6) is 0 Å². The fraction of sp³-hybridized carbons (Fsp3) is 0.273. The van der Waals surface area contributed by atoms with Gasteiger partial charge in [-0.1, -0.05) is 51.1 Å². The zero-order chi connectivity index (χ0) is 21.0. The van der Waals surface area contributed by atoms with E-state index in [0.717, 1.165) is 6.07 Å². The fourth-order valence-corrected chi connectivity index (χ4v) is 3.18. The number of fused-ring (bicyclic) bond motifs is 1. The van der Waals surface area contributed by atoms with E-state index in [9.17, 15) is 13.2 Å². The summed E-state index contributed by atoms with van der Waals surface area (Å²) in [6.07, 6.45) is -4.54. The molecule has 4 nitrogen and oxygen atoms in total. The Morgan fingerprint density at radius 1 is 0.933 bits per heavy atom. The zero-order valence-corrected chi connectivity index (χ0v) is 17.7. The van der Waals surface area contributed by atoms with Crippen LogP contribution < -0.4 is 0 Å². The molecule has 0 atom stereocenters. The highest BCUT2D eigenvalue weighted by atomic mass is 35.5. The lowest BCUT2D eigenvalue weighted by Crippen LogP contribution is -2.11. The van der Waals surface area contributed by atoms with E-state index in [1.165, 1.54) is 0 Å². The molecular formula is C22H21ClF3N3O. The Balaban J connectivity index is 0.00000256. The summed E-state index contributed by atoms with van der Waals surface area (Å²) in [7, 11) is 0. The van der Waals surface area contributed by atoms with E-state index in [0.29, 0.717) is 34.0 Å². The number of aryl methyl sites for hydroxylation is 1. The third-order valence-electron chi connectivity index (χ3n) is 4.66. The van der Waals surface area contributed by atoms with Crippen molar-refractivity contribution in [2.45, 2.75) is 39.3 Å². The molecule has 0 aliphatic rings. The van der Waals surface area contributed by atoms with Crippen LogP contribution >= 0.6 is 12.4 Å². The molecule has 0 spiro atoms. The van der Waals surface area contributed by atoms with Gasteiger partial charge in [0.05, 0.1) is 11.1 Å². The van der Waals surface area contributed by atoms with Gasteiger partial charge in [-0.2, -0.15) is 13.2 Å². The topological polar surface area (TPSA) is 54.7 Å². The number of imidazole rings is 1. The molecule has 1 N–H and O–H groups in total. The van der Waals surface area contributed by atoms with Crippen molar-refractivity contribution in [3.8, 4) is 22.6 Å². The van der Waals surface area contributed by atoms with Crippen molar-refractivity contribution in [3.63, 3.8) is 0 Å². The van der Waals surface area contributed by atoms with Gasteiger partial charge in [0.25, 0.3) is 0 Å². The predicted octanol–water partition coefficient (Wildman–Crippen LogP) is 6.93. The number of halogens is 4. The summed E-state index contributed by atoms with van der Waals surface area (Å²) in [5, 5.41) is 0. The van der Waals surface area contributed by atoms with Gasteiger partial charge in [0.15, 0.2) is 11.7 Å².